The summed E-state index contributed by atoms with van der Waals surface area (Å²) in [6.45, 7) is 1.84. The Morgan fingerprint density at radius 2 is 1.62 bits per heavy atom. The van der Waals surface area contributed by atoms with Crippen LogP contribution in [-0.4, -0.2) is 30.6 Å². The second kappa shape index (κ2) is 10.3. The number of nitrogen functional groups attached to an aromatic ring is 1. The van der Waals surface area contributed by atoms with Crippen molar-refractivity contribution < 1.29 is 4.79 Å². The van der Waals surface area contributed by atoms with E-state index >= 15 is 0 Å². The van der Waals surface area contributed by atoms with Crippen molar-refractivity contribution in [1.29, 1.82) is 0 Å². The minimum atomic E-state index is -0.250. The fourth-order valence-corrected chi connectivity index (χ4v) is 5.15. The van der Waals surface area contributed by atoms with E-state index in [0.29, 0.717) is 32.3 Å². The van der Waals surface area contributed by atoms with Gasteiger partial charge in [0.15, 0.2) is 11.0 Å². The van der Waals surface area contributed by atoms with Crippen molar-refractivity contribution in [2.75, 3.05) is 5.73 Å². The molecule has 2 aromatic heterocycles. The molecule has 3 aromatic carbocycles. The predicted octanol–water partition coefficient (Wildman–Crippen LogP) is 6.16. The second-order valence-corrected chi connectivity index (χ2v) is 10.2. The topological polar surface area (TPSA) is 103 Å². The van der Waals surface area contributed by atoms with Gasteiger partial charge in [-0.3, -0.25) is 4.79 Å². The molecule has 8 nitrogen and oxygen atoms in total. The molecule has 1 aliphatic rings. The number of aliphatic imine (C=N–C) groups is 1. The van der Waals surface area contributed by atoms with Gasteiger partial charge in [-0.1, -0.05) is 60.1 Å². The van der Waals surface area contributed by atoms with E-state index in [1.54, 1.807) is 9.36 Å². The first-order valence-corrected chi connectivity index (χ1v) is 13.3. The Morgan fingerprint density at radius 1 is 0.949 bits per heavy atom. The standard InChI is InChI=1S/C29H22ClN7OS/c1-18-25(27(31)37(34-18)23-10-6-3-7-11-23)32-29-33-28(38)24(39-29)16-20-17-36(22-8-4-2-5-9-22)35-26(20)19-12-14-21(30)15-13-19/h2-17H,31H2,1H3,(H,32,33,38)/b24-16-. The van der Waals surface area contributed by atoms with Crippen LogP contribution in [0.4, 0.5) is 11.5 Å². The molecule has 0 unspecified atom stereocenters. The average Bonchev–Trinajstić information content (AvgIpc) is 3.62. The van der Waals surface area contributed by atoms with Gasteiger partial charge >= 0.3 is 0 Å². The zero-order valence-electron chi connectivity index (χ0n) is 20.7. The molecule has 39 heavy (non-hydrogen) atoms. The minimum absolute atomic E-state index is 0.250. The van der Waals surface area contributed by atoms with E-state index in [1.807, 2.05) is 104 Å². The van der Waals surface area contributed by atoms with Crippen molar-refractivity contribution in [3.8, 4) is 22.6 Å². The maximum Gasteiger partial charge on any atom is 0.264 e. The highest BCUT2D eigenvalue weighted by Crippen LogP contribution is 2.35. The number of carbonyl (C=O) groups excluding carboxylic acids is 1. The molecule has 0 radical (unpaired) electrons. The largest absolute Gasteiger partial charge is 0.382 e. The first kappa shape index (κ1) is 24.7. The Hall–Kier alpha value is -4.60. The lowest BCUT2D eigenvalue weighted by atomic mass is 10.1. The highest BCUT2D eigenvalue weighted by atomic mass is 35.5. The van der Waals surface area contributed by atoms with Gasteiger partial charge in [-0.15, -0.1) is 0 Å². The quantitative estimate of drug-likeness (QED) is 0.255. The van der Waals surface area contributed by atoms with Crippen LogP contribution in [0.3, 0.4) is 0 Å². The van der Waals surface area contributed by atoms with Gasteiger partial charge in [0.05, 0.1) is 27.7 Å². The number of nitrogens with two attached hydrogens (primary N) is 1. The van der Waals surface area contributed by atoms with Crippen LogP contribution < -0.4 is 11.1 Å². The Labute approximate surface area is 233 Å². The number of thioether (sulfide) groups is 1. The molecule has 192 valence electrons. The number of amidine groups is 1. The fourth-order valence-electron chi connectivity index (χ4n) is 4.20. The molecule has 0 atom stereocenters. The molecule has 10 heteroatoms. The number of amides is 1. The van der Waals surface area contributed by atoms with Crippen LogP contribution in [0, 0.1) is 6.92 Å². The monoisotopic (exact) mass is 551 g/mol. The summed E-state index contributed by atoms with van der Waals surface area (Å²) in [5, 5.41) is 13.3. The predicted molar refractivity (Wildman–Crippen MR) is 158 cm³/mol. The number of nitrogens with one attached hydrogen (secondary N) is 1. The molecule has 0 saturated carbocycles. The number of carbonyl (C=O) groups is 1. The first-order valence-electron chi connectivity index (χ1n) is 12.1. The number of benzene rings is 3. The second-order valence-electron chi connectivity index (χ2n) is 8.77. The molecular weight excluding hydrogens is 530 g/mol. The number of nitrogens with zero attached hydrogens (tertiary/aromatic N) is 5. The highest BCUT2D eigenvalue weighted by Gasteiger charge is 2.26. The van der Waals surface area contributed by atoms with Crippen LogP contribution in [0.5, 0.6) is 0 Å². The maximum atomic E-state index is 13.0. The molecule has 6 rings (SSSR count). The summed E-state index contributed by atoms with van der Waals surface area (Å²) in [7, 11) is 0. The van der Waals surface area contributed by atoms with Crippen molar-refractivity contribution in [3.63, 3.8) is 0 Å². The molecule has 5 aromatic rings. The summed E-state index contributed by atoms with van der Waals surface area (Å²) in [5.41, 5.74) is 11.7. The van der Waals surface area contributed by atoms with E-state index in [-0.39, 0.29) is 5.91 Å². The fraction of sp³-hybridized carbons (Fsp3) is 0.0345. The zero-order valence-corrected chi connectivity index (χ0v) is 22.3. The summed E-state index contributed by atoms with van der Waals surface area (Å²) in [6, 6.07) is 26.9. The molecule has 0 spiro atoms. The normalized spacial score (nSPS) is 15.3. The van der Waals surface area contributed by atoms with Crippen LogP contribution in [-0.2, 0) is 4.79 Å². The number of hydrogen-bond acceptors (Lipinski definition) is 6. The molecule has 1 aliphatic heterocycles. The van der Waals surface area contributed by atoms with E-state index in [2.05, 4.69) is 15.4 Å². The van der Waals surface area contributed by atoms with E-state index in [0.717, 1.165) is 28.2 Å². The molecular formula is C29H22ClN7OS. The molecule has 0 bridgehead atoms. The minimum Gasteiger partial charge on any atom is -0.382 e. The van der Waals surface area contributed by atoms with Gasteiger partial charge < -0.3 is 11.1 Å². The number of rotatable bonds is 5. The third kappa shape index (κ3) is 4.97. The Balaban J connectivity index is 1.36. The smallest absolute Gasteiger partial charge is 0.264 e. The Bertz CT molecular complexity index is 1740. The number of halogens is 1. The molecule has 3 heterocycles. The lowest BCUT2D eigenvalue weighted by molar-refractivity contribution is -0.115. The van der Waals surface area contributed by atoms with Crippen LogP contribution in [0.25, 0.3) is 28.7 Å². The molecule has 3 N–H and O–H groups in total. The number of para-hydroxylation sites is 2. The van der Waals surface area contributed by atoms with Gasteiger partial charge in [-0.25, -0.2) is 14.4 Å². The van der Waals surface area contributed by atoms with E-state index in [9.17, 15) is 4.79 Å². The summed E-state index contributed by atoms with van der Waals surface area (Å²) >= 11 is 7.36. The zero-order chi connectivity index (χ0) is 26.9. The molecule has 1 saturated heterocycles. The number of anilines is 1. The highest BCUT2D eigenvalue weighted by molar-refractivity contribution is 8.18. The van der Waals surface area contributed by atoms with Crippen LogP contribution in [0.2, 0.25) is 5.02 Å². The van der Waals surface area contributed by atoms with Gasteiger partial charge in [0.1, 0.15) is 5.69 Å². The Morgan fingerprint density at radius 3 is 2.31 bits per heavy atom. The van der Waals surface area contributed by atoms with Crippen molar-refractivity contribution in [3.05, 3.63) is 112 Å². The van der Waals surface area contributed by atoms with Gasteiger partial charge in [-0.05, 0) is 61.2 Å². The Kier molecular flexibility index (Phi) is 6.52. The molecule has 0 aliphatic carbocycles. The van der Waals surface area contributed by atoms with E-state index in [4.69, 9.17) is 22.4 Å². The van der Waals surface area contributed by atoms with Gasteiger partial charge in [0.2, 0.25) is 0 Å². The van der Waals surface area contributed by atoms with E-state index < -0.39 is 0 Å². The van der Waals surface area contributed by atoms with Crippen LogP contribution in [0.15, 0.2) is 101 Å². The first-order chi connectivity index (χ1) is 19.0. The third-order valence-corrected chi connectivity index (χ3v) is 7.26. The van der Waals surface area contributed by atoms with Crippen molar-refractivity contribution in [1.82, 2.24) is 24.9 Å². The summed E-state index contributed by atoms with van der Waals surface area (Å²) < 4.78 is 3.44. The van der Waals surface area contributed by atoms with Crippen LogP contribution in [0.1, 0.15) is 11.3 Å². The lowest BCUT2D eigenvalue weighted by Gasteiger charge is -2.03. The summed E-state index contributed by atoms with van der Waals surface area (Å²) in [6.07, 6.45) is 3.73. The molecule has 1 amide bonds. The summed E-state index contributed by atoms with van der Waals surface area (Å²) in [4.78, 5) is 18.1. The number of aryl methyl sites for hydroxylation is 1. The number of hydrogen-bond donors (Lipinski definition) is 2. The average molecular weight is 552 g/mol. The maximum absolute atomic E-state index is 13.0. The van der Waals surface area contributed by atoms with Gasteiger partial charge in [0.25, 0.3) is 5.91 Å². The lowest BCUT2D eigenvalue weighted by Crippen LogP contribution is -2.19. The van der Waals surface area contributed by atoms with Gasteiger partial charge in [0, 0.05) is 22.3 Å². The van der Waals surface area contributed by atoms with Crippen molar-refractivity contribution in [2.24, 2.45) is 4.99 Å². The van der Waals surface area contributed by atoms with Crippen molar-refractivity contribution in [2.45, 2.75) is 6.92 Å². The van der Waals surface area contributed by atoms with Crippen molar-refractivity contribution >= 4 is 52.0 Å². The summed E-state index contributed by atoms with van der Waals surface area (Å²) in [5.74, 6) is 0.146. The third-order valence-electron chi connectivity index (χ3n) is 6.10. The number of aromatic nitrogens is 4. The SMILES string of the molecule is Cc1nn(-c2ccccc2)c(N)c1N=C1NC(=O)/C(=C/c2cn(-c3ccccc3)nc2-c2ccc(Cl)cc2)S1. The van der Waals surface area contributed by atoms with Gasteiger partial charge in [-0.2, -0.15) is 10.2 Å². The molecule has 1 fully saturated rings. The van der Waals surface area contributed by atoms with Crippen LogP contribution >= 0.6 is 23.4 Å². The van der Waals surface area contributed by atoms with E-state index in [1.165, 1.54) is 11.8 Å².